The van der Waals surface area contributed by atoms with Crippen LogP contribution in [0, 0.1) is 29.5 Å². The first-order valence-corrected chi connectivity index (χ1v) is 22.0. The number of nitrogens with zero attached hydrogens (tertiary/aromatic N) is 1. The quantitative estimate of drug-likeness (QED) is 0.158. The van der Waals surface area contributed by atoms with Crippen molar-refractivity contribution in [3.05, 3.63) is 156 Å². The van der Waals surface area contributed by atoms with Crippen molar-refractivity contribution in [1.29, 1.82) is 0 Å². The zero-order valence-electron chi connectivity index (χ0n) is 29.5. The molecule has 3 heteroatoms. The summed E-state index contributed by atoms with van der Waals surface area (Å²) in [6.45, 7) is 4.76. The van der Waals surface area contributed by atoms with E-state index in [1.807, 2.05) is 0 Å². The summed E-state index contributed by atoms with van der Waals surface area (Å²) in [6.07, 6.45) is 6.54. The summed E-state index contributed by atoms with van der Waals surface area (Å²) in [5.41, 5.74) is 12.8. The van der Waals surface area contributed by atoms with Gasteiger partial charge in [0, 0.05) is 28.0 Å². The minimum atomic E-state index is -0.914. The molecule has 4 saturated carbocycles. The Morgan fingerprint density at radius 1 is 0.529 bits per heavy atom. The molecule has 0 saturated heterocycles. The Balaban J connectivity index is 1.09. The summed E-state index contributed by atoms with van der Waals surface area (Å²) >= 11 is 0. The average molecular weight is 682 g/mol. The topological polar surface area (TPSA) is 3.24 Å². The van der Waals surface area contributed by atoms with E-state index >= 15 is 4.39 Å². The molecular weight excluding hydrogens is 638 g/mol. The molecule has 0 N–H and O–H groups in total. The van der Waals surface area contributed by atoms with Crippen LogP contribution in [0.5, 0.6) is 0 Å². The van der Waals surface area contributed by atoms with Crippen molar-refractivity contribution in [2.45, 2.75) is 50.6 Å². The van der Waals surface area contributed by atoms with Gasteiger partial charge < -0.3 is 4.90 Å². The van der Waals surface area contributed by atoms with Gasteiger partial charge in [-0.2, -0.15) is 0 Å². The second-order valence-corrected chi connectivity index (χ2v) is 19.1. The van der Waals surface area contributed by atoms with Crippen molar-refractivity contribution < 1.29 is 4.39 Å². The Bertz CT molecular complexity index is 2210. The van der Waals surface area contributed by atoms with E-state index in [-0.39, 0.29) is 11.2 Å². The summed E-state index contributed by atoms with van der Waals surface area (Å²) in [7, 11) is -0.914. The SMILES string of the molecule is C[SiH](C)c1ccc(N(c2ccc(-c3ccccc3)cc2)c2ccc(-c3ccc(F)c4c3C3(c5ccccc5-4)C4CC5CC(C4)CC3C5)cc2)cc1. The van der Waals surface area contributed by atoms with Gasteiger partial charge in [0.25, 0.3) is 0 Å². The zero-order valence-corrected chi connectivity index (χ0v) is 30.7. The number of rotatable bonds is 6. The van der Waals surface area contributed by atoms with Crippen LogP contribution in [-0.4, -0.2) is 8.80 Å². The second kappa shape index (κ2) is 11.9. The van der Waals surface area contributed by atoms with Crippen LogP contribution in [0.2, 0.25) is 13.1 Å². The fourth-order valence-electron chi connectivity index (χ4n) is 11.2. The summed E-state index contributed by atoms with van der Waals surface area (Å²) in [6, 6.07) is 50.5. The molecule has 1 nitrogen and oxygen atoms in total. The van der Waals surface area contributed by atoms with Gasteiger partial charge in [-0.05, 0) is 137 Å². The molecule has 11 rings (SSSR count). The lowest BCUT2D eigenvalue weighted by molar-refractivity contribution is -0.0397. The van der Waals surface area contributed by atoms with E-state index in [4.69, 9.17) is 0 Å². The van der Waals surface area contributed by atoms with E-state index in [9.17, 15) is 0 Å². The van der Waals surface area contributed by atoms with Crippen LogP contribution >= 0.6 is 0 Å². The Labute approximate surface area is 303 Å². The molecule has 0 heterocycles. The third-order valence-electron chi connectivity index (χ3n) is 13.1. The largest absolute Gasteiger partial charge is 0.311 e. The average Bonchev–Trinajstić information content (AvgIpc) is 3.47. The minimum Gasteiger partial charge on any atom is -0.311 e. The molecule has 6 aromatic carbocycles. The fraction of sp³-hybridized carbons (Fsp3) is 0.250. The first-order chi connectivity index (χ1) is 25.0. The summed E-state index contributed by atoms with van der Waals surface area (Å²) in [4.78, 5) is 2.37. The highest BCUT2D eigenvalue weighted by molar-refractivity contribution is 6.70. The highest BCUT2D eigenvalue weighted by Crippen LogP contribution is 2.70. The van der Waals surface area contributed by atoms with E-state index in [0.29, 0.717) is 11.8 Å². The Morgan fingerprint density at radius 3 is 1.67 bits per heavy atom. The van der Waals surface area contributed by atoms with E-state index in [1.165, 1.54) is 70.7 Å². The molecule has 0 amide bonds. The van der Waals surface area contributed by atoms with Gasteiger partial charge in [0.05, 0.1) is 8.80 Å². The third kappa shape index (κ3) is 4.77. The summed E-state index contributed by atoms with van der Waals surface area (Å²) < 4.78 is 16.2. The molecule has 4 fully saturated rings. The molecule has 0 aliphatic heterocycles. The maximum absolute atomic E-state index is 16.2. The Morgan fingerprint density at radius 2 is 1.06 bits per heavy atom. The normalized spacial score (nSPS) is 23.8. The molecule has 5 aliphatic carbocycles. The highest BCUT2D eigenvalue weighted by Gasteiger charge is 2.62. The number of fused-ring (bicyclic) bond motifs is 3. The van der Waals surface area contributed by atoms with Gasteiger partial charge in [-0.25, -0.2) is 4.39 Å². The summed E-state index contributed by atoms with van der Waals surface area (Å²) in [5.74, 6) is 2.79. The minimum absolute atomic E-state index is 0.0680. The van der Waals surface area contributed by atoms with E-state index < -0.39 is 8.80 Å². The predicted octanol–water partition coefficient (Wildman–Crippen LogP) is 12.0. The lowest BCUT2D eigenvalue weighted by Gasteiger charge is -2.61. The van der Waals surface area contributed by atoms with Crippen LogP contribution in [0.25, 0.3) is 33.4 Å². The Kier molecular flexibility index (Phi) is 7.25. The fourth-order valence-corrected chi connectivity index (χ4v) is 12.1. The van der Waals surface area contributed by atoms with Crippen molar-refractivity contribution in [1.82, 2.24) is 0 Å². The van der Waals surface area contributed by atoms with Crippen molar-refractivity contribution in [3.8, 4) is 33.4 Å². The van der Waals surface area contributed by atoms with Gasteiger partial charge in [0.1, 0.15) is 5.82 Å². The predicted molar refractivity (Wildman–Crippen MR) is 214 cm³/mol. The highest BCUT2D eigenvalue weighted by atomic mass is 28.3. The standard InChI is InChI=1S/C48H44FNSi/c1-51(2)41-22-20-40(21-23-41)50(38-16-12-34(13-17-38)33-8-4-3-5-9-33)39-18-14-35(15-19-39)42-24-25-45(49)46-43-10-6-7-11-44(43)48(47(42)46)36-27-31-26-32(29-36)30-37(48)28-31/h3-25,31-32,36-37,51H,26-30H2,1-2H3. The van der Waals surface area contributed by atoms with Crippen LogP contribution in [0.3, 0.4) is 0 Å². The van der Waals surface area contributed by atoms with E-state index in [1.54, 1.807) is 6.07 Å². The number of halogens is 1. The van der Waals surface area contributed by atoms with Crippen LogP contribution in [0.4, 0.5) is 21.5 Å². The molecule has 252 valence electrons. The molecule has 51 heavy (non-hydrogen) atoms. The molecule has 0 unspecified atom stereocenters. The van der Waals surface area contributed by atoms with Crippen LogP contribution in [0.15, 0.2) is 140 Å². The zero-order chi connectivity index (χ0) is 34.3. The van der Waals surface area contributed by atoms with Gasteiger partial charge in [-0.1, -0.05) is 115 Å². The monoisotopic (exact) mass is 681 g/mol. The maximum atomic E-state index is 16.2. The molecule has 0 radical (unpaired) electrons. The van der Waals surface area contributed by atoms with Crippen LogP contribution in [-0.2, 0) is 5.41 Å². The lowest BCUT2D eigenvalue weighted by Crippen LogP contribution is -2.55. The number of benzene rings is 6. The van der Waals surface area contributed by atoms with Crippen LogP contribution < -0.4 is 10.1 Å². The molecule has 0 aromatic heterocycles. The first kappa shape index (κ1) is 31.0. The van der Waals surface area contributed by atoms with Crippen molar-refractivity contribution in [2.75, 3.05) is 4.90 Å². The number of hydrogen-bond acceptors (Lipinski definition) is 1. The van der Waals surface area contributed by atoms with Gasteiger partial charge in [-0.15, -0.1) is 0 Å². The molecule has 5 aliphatic rings. The summed E-state index contributed by atoms with van der Waals surface area (Å²) in [5, 5.41) is 1.47. The van der Waals surface area contributed by atoms with Crippen molar-refractivity contribution in [2.24, 2.45) is 23.7 Å². The lowest BCUT2D eigenvalue weighted by atomic mass is 9.42. The van der Waals surface area contributed by atoms with Crippen LogP contribution in [0.1, 0.15) is 43.2 Å². The van der Waals surface area contributed by atoms with Crippen molar-refractivity contribution in [3.63, 3.8) is 0 Å². The smallest absolute Gasteiger partial charge is 0.131 e. The number of hydrogen-bond donors (Lipinski definition) is 0. The molecule has 6 aromatic rings. The van der Waals surface area contributed by atoms with Gasteiger partial charge in [0.15, 0.2) is 0 Å². The van der Waals surface area contributed by atoms with Gasteiger partial charge in [0.2, 0.25) is 0 Å². The van der Waals surface area contributed by atoms with E-state index in [2.05, 4.69) is 151 Å². The maximum Gasteiger partial charge on any atom is 0.131 e. The van der Waals surface area contributed by atoms with Gasteiger partial charge in [-0.3, -0.25) is 0 Å². The van der Waals surface area contributed by atoms with E-state index in [0.717, 1.165) is 40.0 Å². The molecular formula is C48H44FNSi. The Hall–Kier alpha value is -4.73. The number of anilines is 3. The molecule has 0 atom stereocenters. The second-order valence-electron chi connectivity index (χ2n) is 16.1. The third-order valence-corrected chi connectivity index (χ3v) is 14.8. The first-order valence-electron chi connectivity index (χ1n) is 19.1. The van der Waals surface area contributed by atoms with Crippen molar-refractivity contribution >= 4 is 31.0 Å². The molecule has 1 spiro atoms. The molecule has 4 bridgehead atoms. The van der Waals surface area contributed by atoms with Gasteiger partial charge >= 0.3 is 0 Å².